The van der Waals surface area contributed by atoms with Crippen LogP contribution in [0.2, 0.25) is 0 Å². The van der Waals surface area contributed by atoms with E-state index in [1.165, 1.54) is 0 Å². The third-order valence-electron chi connectivity index (χ3n) is 2.52. The highest BCUT2D eigenvalue weighted by Crippen LogP contribution is 2.20. The van der Waals surface area contributed by atoms with Crippen LogP contribution < -0.4 is 0 Å². The van der Waals surface area contributed by atoms with E-state index in [4.69, 9.17) is 0 Å². The Kier molecular flexibility index (Phi) is 2.31. The molecule has 2 rings (SSSR count). The van der Waals surface area contributed by atoms with E-state index in [9.17, 15) is 4.79 Å². The zero-order valence-corrected chi connectivity index (χ0v) is 9.19. The Morgan fingerprint density at radius 2 is 2.20 bits per heavy atom. The number of pyridine rings is 1. The molecule has 0 saturated carbocycles. The van der Waals surface area contributed by atoms with Gasteiger partial charge in [-0.15, -0.1) is 0 Å². The molecule has 0 N–H and O–H groups in total. The molecule has 3 heteroatoms. The van der Waals surface area contributed by atoms with E-state index in [2.05, 4.69) is 4.98 Å². The first-order valence-electron chi connectivity index (χ1n) is 5.05. The molecule has 2 aromatic rings. The maximum Gasteiger partial charge on any atom is 0.167 e. The molecular weight excluding hydrogens is 188 g/mol. The van der Waals surface area contributed by atoms with E-state index >= 15 is 0 Å². The van der Waals surface area contributed by atoms with Crippen LogP contribution in [0.4, 0.5) is 0 Å². The van der Waals surface area contributed by atoms with E-state index in [-0.39, 0.29) is 11.7 Å². The molecule has 0 saturated heterocycles. The second-order valence-corrected chi connectivity index (χ2v) is 4.05. The Bertz CT molecular complexity index is 511. The molecular formula is C12H14N2O. The molecule has 0 aliphatic carbocycles. The van der Waals surface area contributed by atoms with Gasteiger partial charge in [0.15, 0.2) is 5.78 Å². The number of aryl methyl sites for hydroxylation is 1. The van der Waals surface area contributed by atoms with Crippen molar-refractivity contribution in [3.63, 3.8) is 0 Å². The van der Waals surface area contributed by atoms with Gasteiger partial charge in [-0.3, -0.25) is 4.79 Å². The maximum absolute atomic E-state index is 11.9. The Labute approximate surface area is 88.7 Å². The van der Waals surface area contributed by atoms with Crippen molar-refractivity contribution >= 4 is 16.8 Å². The van der Waals surface area contributed by atoms with Gasteiger partial charge in [-0.1, -0.05) is 13.8 Å². The third-order valence-corrected chi connectivity index (χ3v) is 2.52. The molecule has 0 aliphatic rings. The van der Waals surface area contributed by atoms with E-state index in [1.54, 1.807) is 6.20 Å². The second-order valence-electron chi connectivity index (χ2n) is 4.05. The van der Waals surface area contributed by atoms with E-state index in [0.29, 0.717) is 0 Å². The lowest BCUT2D eigenvalue weighted by Crippen LogP contribution is -2.06. The highest BCUT2D eigenvalue weighted by atomic mass is 16.1. The monoisotopic (exact) mass is 202 g/mol. The summed E-state index contributed by atoms with van der Waals surface area (Å²) < 4.78 is 1.89. The van der Waals surface area contributed by atoms with Crippen molar-refractivity contribution in [2.24, 2.45) is 13.0 Å². The van der Waals surface area contributed by atoms with Crippen molar-refractivity contribution in [1.29, 1.82) is 0 Å². The summed E-state index contributed by atoms with van der Waals surface area (Å²) in [6.07, 6.45) is 3.60. The highest BCUT2D eigenvalue weighted by Gasteiger charge is 2.16. The van der Waals surface area contributed by atoms with Gasteiger partial charge in [-0.25, -0.2) is 4.98 Å². The van der Waals surface area contributed by atoms with Gasteiger partial charge in [0.1, 0.15) is 5.65 Å². The van der Waals surface area contributed by atoms with Gasteiger partial charge >= 0.3 is 0 Å². The molecule has 2 heterocycles. The van der Waals surface area contributed by atoms with Crippen molar-refractivity contribution in [3.05, 3.63) is 30.1 Å². The molecule has 0 amide bonds. The lowest BCUT2D eigenvalue weighted by atomic mass is 10.0. The van der Waals surface area contributed by atoms with Crippen LogP contribution in [0, 0.1) is 5.92 Å². The van der Waals surface area contributed by atoms with Crippen LogP contribution >= 0.6 is 0 Å². The number of hydrogen-bond donors (Lipinski definition) is 0. The van der Waals surface area contributed by atoms with Gasteiger partial charge in [-0.05, 0) is 12.1 Å². The van der Waals surface area contributed by atoms with Crippen molar-refractivity contribution < 1.29 is 4.79 Å². The zero-order valence-electron chi connectivity index (χ0n) is 9.19. The number of carbonyl (C=O) groups excluding carboxylic acids is 1. The lowest BCUT2D eigenvalue weighted by Gasteiger charge is -2.01. The zero-order chi connectivity index (χ0) is 11.0. The van der Waals surface area contributed by atoms with Gasteiger partial charge in [0.05, 0.1) is 0 Å². The lowest BCUT2D eigenvalue weighted by molar-refractivity contribution is 0.0941. The first-order valence-corrected chi connectivity index (χ1v) is 5.05. The van der Waals surface area contributed by atoms with Gasteiger partial charge < -0.3 is 4.57 Å². The fourth-order valence-corrected chi connectivity index (χ4v) is 1.72. The fraction of sp³-hybridized carbons (Fsp3) is 0.333. The number of hydrogen-bond acceptors (Lipinski definition) is 2. The predicted octanol–water partition coefficient (Wildman–Crippen LogP) is 2.41. The standard InChI is InChI=1S/C12H14N2O/c1-8(2)11(15)10-7-14(3)12-9(10)5-4-6-13-12/h4-8H,1-3H3. The third kappa shape index (κ3) is 1.54. The van der Waals surface area contributed by atoms with Gasteiger partial charge in [0, 0.05) is 36.3 Å². The molecule has 78 valence electrons. The molecule has 0 radical (unpaired) electrons. The molecule has 15 heavy (non-hydrogen) atoms. The van der Waals surface area contributed by atoms with E-state index in [0.717, 1.165) is 16.6 Å². The van der Waals surface area contributed by atoms with Crippen LogP contribution in [-0.2, 0) is 7.05 Å². The number of carbonyl (C=O) groups is 1. The Morgan fingerprint density at radius 3 is 2.87 bits per heavy atom. The van der Waals surface area contributed by atoms with E-state index in [1.807, 2.05) is 43.8 Å². The minimum absolute atomic E-state index is 0.0239. The van der Waals surface area contributed by atoms with Crippen LogP contribution in [0.25, 0.3) is 11.0 Å². The number of fused-ring (bicyclic) bond motifs is 1. The number of nitrogens with zero attached hydrogens (tertiary/aromatic N) is 2. The number of rotatable bonds is 2. The summed E-state index contributed by atoms with van der Waals surface area (Å²) in [6.45, 7) is 3.83. The molecule has 0 aliphatic heterocycles. The smallest absolute Gasteiger partial charge is 0.167 e. The Balaban J connectivity index is 2.67. The topological polar surface area (TPSA) is 34.9 Å². The molecule has 0 aromatic carbocycles. The SMILES string of the molecule is CC(C)C(=O)c1cn(C)c2ncccc12. The first kappa shape index (κ1) is 9.90. The highest BCUT2D eigenvalue weighted by molar-refractivity contribution is 6.08. The van der Waals surface area contributed by atoms with Crippen LogP contribution in [0.5, 0.6) is 0 Å². The minimum atomic E-state index is 0.0239. The molecule has 0 unspecified atom stereocenters. The summed E-state index contributed by atoms with van der Waals surface area (Å²) >= 11 is 0. The first-order chi connectivity index (χ1) is 7.11. The van der Waals surface area contributed by atoms with Crippen molar-refractivity contribution in [3.8, 4) is 0 Å². The minimum Gasteiger partial charge on any atom is -0.335 e. The van der Waals surface area contributed by atoms with Crippen molar-refractivity contribution in [1.82, 2.24) is 9.55 Å². The summed E-state index contributed by atoms with van der Waals surface area (Å²) in [6, 6.07) is 3.80. The molecule has 0 spiro atoms. The summed E-state index contributed by atoms with van der Waals surface area (Å²) in [5.74, 6) is 0.199. The Hall–Kier alpha value is -1.64. The fourth-order valence-electron chi connectivity index (χ4n) is 1.72. The number of ketones is 1. The quantitative estimate of drug-likeness (QED) is 0.701. The maximum atomic E-state index is 11.9. The average molecular weight is 202 g/mol. The number of Topliss-reactive ketones (excluding diaryl/α,β-unsaturated/α-hetero) is 1. The van der Waals surface area contributed by atoms with Crippen LogP contribution in [0.15, 0.2) is 24.5 Å². The molecule has 0 atom stereocenters. The summed E-state index contributed by atoms with van der Waals surface area (Å²) in [4.78, 5) is 16.2. The van der Waals surface area contributed by atoms with Crippen molar-refractivity contribution in [2.45, 2.75) is 13.8 Å². The Morgan fingerprint density at radius 1 is 1.47 bits per heavy atom. The van der Waals surface area contributed by atoms with Gasteiger partial charge in [0.25, 0.3) is 0 Å². The molecule has 2 aromatic heterocycles. The molecule has 3 nitrogen and oxygen atoms in total. The second kappa shape index (κ2) is 3.50. The van der Waals surface area contributed by atoms with Gasteiger partial charge in [0.2, 0.25) is 0 Å². The summed E-state index contributed by atoms with van der Waals surface area (Å²) in [5, 5.41) is 0.943. The van der Waals surface area contributed by atoms with E-state index < -0.39 is 0 Å². The van der Waals surface area contributed by atoms with Crippen LogP contribution in [0.3, 0.4) is 0 Å². The van der Waals surface area contributed by atoms with Gasteiger partial charge in [-0.2, -0.15) is 0 Å². The largest absolute Gasteiger partial charge is 0.335 e. The van der Waals surface area contributed by atoms with Crippen LogP contribution in [0.1, 0.15) is 24.2 Å². The summed E-state index contributed by atoms with van der Waals surface area (Å²) in [5.41, 5.74) is 1.64. The van der Waals surface area contributed by atoms with Crippen LogP contribution in [-0.4, -0.2) is 15.3 Å². The molecule has 0 bridgehead atoms. The number of aromatic nitrogens is 2. The predicted molar refractivity (Wildman–Crippen MR) is 59.9 cm³/mol. The van der Waals surface area contributed by atoms with Crippen molar-refractivity contribution in [2.75, 3.05) is 0 Å². The average Bonchev–Trinajstić information content (AvgIpc) is 2.56. The molecule has 0 fully saturated rings. The normalized spacial score (nSPS) is 11.2. The summed E-state index contributed by atoms with van der Waals surface area (Å²) in [7, 11) is 1.91.